The van der Waals surface area contributed by atoms with E-state index in [2.05, 4.69) is 10.2 Å². The number of H-pyrrole nitrogens is 1. The first-order valence-electron chi connectivity index (χ1n) is 9.28. The second-order valence-corrected chi connectivity index (χ2v) is 9.17. The number of aryl methyl sites for hydroxylation is 2. The van der Waals surface area contributed by atoms with Crippen LogP contribution in [0.3, 0.4) is 0 Å². The molecule has 150 valence electrons. The van der Waals surface area contributed by atoms with Crippen molar-refractivity contribution < 1.29 is 18.0 Å². The summed E-state index contributed by atoms with van der Waals surface area (Å²) in [4.78, 5) is 28.0. The first-order valence-corrected chi connectivity index (χ1v) is 10.7. The fourth-order valence-electron chi connectivity index (χ4n) is 3.91. The average molecular weight is 398 g/mol. The van der Waals surface area contributed by atoms with Crippen LogP contribution < -0.4 is 0 Å². The number of carbonyl (C=O) groups is 2. The number of aromatic nitrogens is 2. The highest BCUT2D eigenvalue weighted by Gasteiger charge is 2.37. The van der Waals surface area contributed by atoms with E-state index in [1.165, 1.54) is 11.2 Å². The van der Waals surface area contributed by atoms with E-state index >= 15 is 0 Å². The minimum absolute atomic E-state index is 0.0151. The van der Waals surface area contributed by atoms with E-state index in [-0.39, 0.29) is 29.2 Å². The van der Waals surface area contributed by atoms with Crippen LogP contribution >= 0.6 is 0 Å². The average Bonchev–Trinajstić information content (AvgIpc) is 3.00. The van der Waals surface area contributed by atoms with Crippen LogP contribution in [0.15, 0.2) is 4.90 Å². The summed E-state index contributed by atoms with van der Waals surface area (Å²) in [5.41, 5.74) is 0.961. The molecule has 3 heterocycles. The predicted molar refractivity (Wildman–Crippen MR) is 98.4 cm³/mol. The summed E-state index contributed by atoms with van der Waals surface area (Å²) < 4.78 is 27.5. The summed E-state index contributed by atoms with van der Waals surface area (Å²) in [6.45, 7) is 7.55. The van der Waals surface area contributed by atoms with Crippen LogP contribution in [-0.4, -0.2) is 83.8 Å². The van der Waals surface area contributed by atoms with E-state index in [1.807, 2.05) is 0 Å². The quantitative estimate of drug-likeness (QED) is 0.780. The third-order valence-corrected chi connectivity index (χ3v) is 7.56. The van der Waals surface area contributed by atoms with Gasteiger partial charge in [-0.1, -0.05) is 0 Å². The Morgan fingerprint density at radius 1 is 1.07 bits per heavy atom. The highest BCUT2D eigenvalue weighted by molar-refractivity contribution is 7.89. The molecule has 2 fully saturated rings. The zero-order valence-corrected chi connectivity index (χ0v) is 16.9. The van der Waals surface area contributed by atoms with Crippen molar-refractivity contribution in [2.45, 2.75) is 38.5 Å². The van der Waals surface area contributed by atoms with E-state index in [0.717, 1.165) is 0 Å². The van der Waals surface area contributed by atoms with Gasteiger partial charge in [0.05, 0.1) is 17.3 Å². The zero-order valence-electron chi connectivity index (χ0n) is 16.1. The van der Waals surface area contributed by atoms with Crippen molar-refractivity contribution in [2.75, 3.05) is 39.3 Å². The molecular formula is C17H27N5O4S. The van der Waals surface area contributed by atoms with Gasteiger partial charge in [-0.2, -0.15) is 9.40 Å². The lowest BCUT2D eigenvalue weighted by Gasteiger charge is -2.38. The fourth-order valence-corrected chi connectivity index (χ4v) is 5.77. The molecule has 2 amide bonds. The standard InChI is InChI=1S/C17H27N5O4S/c1-12-16(13(2)19-18-12)27(25,26)22-6-4-5-15(11-22)17(24)21-9-7-20(8-10-21)14(3)23/h15H,4-11H2,1-3H3,(H,18,19). The molecule has 1 atom stereocenters. The van der Waals surface area contributed by atoms with E-state index in [4.69, 9.17) is 0 Å². The van der Waals surface area contributed by atoms with Gasteiger partial charge in [-0.05, 0) is 26.7 Å². The molecule has 0 bridgehead atoms. The number of amides is 2. The topological polar surface area (TPSA) is 107 Å². The Hall–Kier alpha value is -1.94. The van der Waals surface area contributed by atoms with Crippen LogP contribution in [0.4, 0.5) is 0 Å². The molecule has 0 aliphatic carbocycles. The van der Waals surface area contributed by atoms with Gasteiger partial charge in [-0.25, -0.2) is 8.42 Å². The van der Waals surface area contributed by atoms with Gasteiger partial charge in [-0.15, -0.1) is 0 Å². The van der Waals surface area contributed by atoms with E-state index < -0.39 is 10.0 Å². The molecule has 2 saturated heterocycles. The third kappa shape index (κ3) is 3.86. The lowest BCUT2D eigenvalue weighted by molar-refractivity contribution is -0.142. The number of rotatable bonds is 3. The third-order valence-electron chi connectivity index (χ3n) is 5.43. The van der Waals surface area contributed by atoms with E-state index in [0.29, 0.717) is 57.0 Å². The van der Waals surface area contributed by atoms with Gasteiger partial charge in [0.1, 0.15) is 4.90 Å². The van der Waals surface area contributed by atoms with Gasteiger partial charge >= 0.3 is 0 Å². The highest BCUT2D eigenvalue weighted by atomic mass is 32.2. The number of hydrogen-bond acceptors (Lipinski definition) is 5. The number of nitrogens with one attached hydrogen (secondary N) is 1. The summed E-state index contributed by atoms with van der Waals surface area (Å²) in [6, 6.07) is 0. The number of piperazine rings is 1. The Balaban J connectivity index is 1.69. The van der Waals surface area contributed by atoms with Crippen molar-refractivity contribution in [3.63, 3.8) is 0 Å². The second-order valence-electron chi connectivity index (χ2n) is 7.30. The molecule has 3 rings (SSSR count). The molecule has 0 saturated carbocycles. The molecule has 0 aromatic carbocycles. The van der Waals surface area contributed by atoms with Crippen molar-refractivity contribution >= 4 is 21.8 Å². The van der Waals surface area contributed by atoms with Crippen molar-refractivity contribution in [2.24, 2.45) is 5.92 Å². The van der Waals surface area contributed by atoms with Gasteiger partial charge in [0.25, 0.3) is 0 Å². The second kappa shape index (κ2) is 7.59. The molecule has 9 nitrogen and oxygen atoms in total. The van der Waals surface area contributed by atoms with Crippen molar-refractivity contribution in [3.8, 4) is 0 Å². The lowest BCUT2D eigenvalue weighted by atomic mass is 9.98. The van der Waals surface area contributed by atoms with E-state index in [9.17, 15) is 18.0 Å². The van der Waals surface area contributed by atoms with Crippen LogP contribution in [0, 0.1) is 19.8 Å². The smallest absolute Gasteiger partial charge is 0.246 e. The van der Waals surface area contributed by atoms with Gasteiger partial charge in [-0.3, -0.25) is 14.7 Å². The molecule has 1 aromatic heterocycles. The van der Waals surface area contributed by atoms with Crippen molar-refractivity contribution in [1.29, 1.82) is 0 Å². The first kappa shape index (κ1) is 19.8. The molecular weight excluding hydrogens is 370 g/mol. The maximum Gasteiger partial charge on any atom is 0.246 e. The molecule has 27 heavy (non-hydrogen) atoms. The SMILES string of the molecule is CC(=O)N1CCN(C(=O)C2CCCN(S(=O)(=O)c3c(C)n[nH]c3C)C2)CC1. The Morgan fingerprint density at radius 2 is 1.70 bits per heavy atom. The van der Waals surface area contributed by atoms with Crippen LogP contribution in [0.2, 0.25) is 0 Å². The molecule has 2 aliphatic rings. The summed E-state index contributed by atoms with van der Waals surface area (Å²) in [7, 11) is -3.68. The molecule has 2 aliphatic heterocycles. The fraction of sp³-hybridized carbons (Fsp3) is 0.706. The van der Waals surface area contributed by atoms with Crippen LogP contribution in [0.5, 0.6) is 0 Å². The largest absolute Gasteiger partial charge is 0.339 e. The monoisotopic (exact) mass is 397 g/mol. The molecule has 10 heteroatoms. The van der Waals surface area contributed by atoms with Gasteiger partial charge in [0, 0.05) is 46.2 Å². The van der Waals surface area contributed by atoms with E-state index in [1.54, 1.807) is 23.6 Å². The van der Waals surface area contributed by atoms with Gasteiger partial charge < -0.3 is 9.80 Å². The maximum absolute atomic E-state index is 13.0. The number of nitrogens with zero attached hydrogens (tertiary/aromatic N) is 4. The number of hydrogen-bond donors (Lipinski definition) is 1. The molecule has 1 aromatic rings. The number of aromatic amines is 1. The van der Waals surface area contributed by atoms with Crippen LogP contribution in [0.1, 0.15) is 31.2 Å². The maximum atomic E-state index is 13.0. The molecule has 1 unspecified atom stereocenters. The normalized spacial score (nSPS) is 22.1. The predicted octanol–water partition coefficient (Wildman–Crippen LogP) is 0.118. The minimum atomic E-state index is -3.68. The Bertz CT molecular complexity index is 807. The minimum Gasteiger partial charge on any atom is -0.339 e. The Labute approximate surface area is 159 Å². The Kier molecular flexibility index (Phi) is 5.57. The van der Waals surface area contributed by atoms with Crippen molar-refractivity contribution in [3.05, 3.63) is 11.4 Å². The summed E-state index contributed by atoms with van der Waals surface area (Å²) in [5, 5.41) is 6.71. The summed E-state index contributed by atoms with van der Waals surface area (Å²) >= 11 is 0. The molecule has 0 spiro atoms. The molecule has 1 N–H and O–H groups in total. The summed E-state index contributed by atoms with van der Waals surface area (Å²) in [6.07, 6.45) is 1.33. The zero-order chi connectivity index (χ0) is 19.8. The van der Waals surface area contributed by atoms with Gasteiger partial charge in [0.2, 0.25) is 21.8 Å². The van der Waals surface area contributed by atoms with Crippen molar-refractivity contribution in [1.82, 2.24) is 24.3 Å². The number of sulfonamides is 1. The highest BCUT2D eigenvalue weighted by Crippen LogP contribution is 2.27. The summed E-state index contributed by atoms with van der Waals surface area (Å²) in [5.74, 6) is -0.341. The number of carbonyl (C=O) groups excluding carboxylic acids is 2. The lowest BCUT2D eigenvalue weighted by Crippen LogP contribution is -2.53. The number of piperidine rings is 1. The molecule has 0 radical (unpaired) electrons. The Morgan fingerprint density at radius 3 is 2.26 bits per heavy atom. The van der Waals surface area contributed by atoms with Gasteiger partial charge in [0.15, 0.2) is 0 Å². The first-order chi connectivity index (χ1) is 12.7. The van der Waals surface area contributed by atoms with Crippen LogP contribution in [0.25, 0.3) is 0 Å². The van der Waals surface area contributed by atoms with Crippen LogP contribution in [-0.2, 0) is 19.6 Å².